The number of pyridine rings is 2. The van der Waals surface area contributed by atoms with E-state index in [1.54, 1.807) is 0 Å². The second-order valence-electron chi connectivity index (χ2n) is 15.7. The van der Waals surface area contributed by atoms with Gasteiger partial charge in [-0.15, -0.1) is 29.1 Å². The molecule has 3 heterocycles. The smallest absolute Gasteiger partial charge is 0.164 e. The predicted molar refractivity (Wildman–Crippen MR) is 209 cm³/mol. The second kappa shape index (κ2) is 17.3. The van der Waals surface area contributed by atoms with E-state index in [1.165, 1.54) is 22.6 Å². The van der Waals surface area contributed by atoms with Crippen molar-refractivity contribution in [3.05, 3.63) is 96.3 Å². The summed E-state index contributed by atoms with van der Waals surface area (Å²) in [5.41, 5.74) is 6.73. The van der Waals surface area contributed by atoms with E-state index in [0.29, 0.717) is 5.92 Å². The Hall–Kier alpha value is -3.60. The average molecular weight is 866 g/mol. The molecule has 51 heavy (non-hydrogen) atoms. The molecule has 0 amide bonds. The first-order chi connectivity index (χ1) is 23.6. The van der Waals surface area contributed by atoms with E-state index in [-0.39, 0.29) is 47.9 Å². The first kappa shape index (κ1) is 41.8. The zero-order valence-corrected chi connectivity index (χ0v) is 34.9. The molecule has 5 nitrogen and oxygen atoms in total. The number of nitrogens with zero attached hydrogens (tertiary/aromatic N) is 2. The third-order valence-corrected chi connectivity index (χ3v) is 10.7. The van der Waals surface area contributed by atoms with Crippen molar-refractivity contribution in [3.8, 4) is 22.4 Å². The molecule has 275 valence electrons. The van der Waals surface area contributed by atoms with E-state index < -0.39 is 0 Å². The van der Waals surface area contributed by atoms with E-state index in [9.17, 15) is 9.90 Å². The van der Waals surface area contributed by atoms with E-state index >= 15 is 0 Å². The van der Waals surface area contributed by atoms with Crippen LogP contribution in [-0.4, -0.2) is 20.9 Å². The van der Waals surface area contributed by atoms with Gasteiger partial charge in [-0.1, -0.05) is 111 Å². The third kappa shape index (κ3) is 9.45. The number of aliphatic hydroxyl groups is 1. The molecule has 1 N–H and O–H groups in total. The van der Waals surface area contributed by atoms with Crippen LogP contribution in [0, 0.1) is 22.8 Å². The fraction of sp³-hybridized carbons (Fsp3) is 0.444. The number of furan rings is 1. The van der Waals surface area contributed by atoms with Crippen LogP contribution >= 0.6 is 0 Å². The Bertz CT molecular complexity index is 1960. The van der Waals surface area contributed by atoms with Gasteiger partial charge in [0.2, 0.25) is 0 Å². The van der Waals surface area contributed by atoms with Crippen molar-refractivity contribution < 1.29 is 34.4 Å². The first-order valence-electron chi connectivity index (χ1n) is 18.3. The molecule has 6 heteroatoms. The van der Waals surface area contributed by atoms with Crippen molar-refractivity contribution in [1.82, 2.24) is 9.97 Å². The number of carbonyl (C=O) groups excluding carboxylic acids is 1. The molecular formula is C45H57IrN2O3-. The van der Waals surface area contributed by atoms with Crippen molar-refractivity contribution in [2.45, 2.75) is 114 Å². The Labute approximate surface area is 319 Å². The minimum absolute atomic E-state index is 0. The van der Waals surface area contributed by atoms with Gasteiger partial charge >= 0.3 is 0 Å². The molecule has 0 aliphatic heterocycles. The predicted octanol–water partition coefficient (Wildman–Crippen LogP) is 12.7. The molecular weight excluding hydrogens is 809 g/mol. The summed E-state index contributed by atoms with van der Waals surface area (Å²) in [5, 5.41) is 13.6. The maximum atomic E-state index is 12.2. The van der Waals surface area contributed by atoms with Crippen molar-refractivity contribution in [2.75, 3.05) is 0 Å². The molecule has 0 saturated carbocycles. The number of fused-ring (bicyclic) bond motifs is 2. The SMILES string of the molecule is CC(C)Cc1coc2c(-c3ccnc(-c4[c-]c5ccccc5c(C(C)(C)C)c4)c3)cncc12.CCC(C)(CC)C(=O)/C=C(\O)C(C)(CC)CC.[Ir]. The van der Waals surface area contributed by atoms with Crippen LogP contribution in [0.3, 0.4) is 0 Å². The maximum absolute atomic E-state index is 12.2. The monoisotopic (exact) mass is 866 g/mol. The van der Waals surface area contributed by atoms with E-state index in [2.05, 4.69) is 82.1 Å². The molecule has 0 bridgehead atoms. The summed E-state index contributed by atoms with van der Waals surface area (Å²) in [6.07, 6.45) is 13.3. The van der Waals surface area contributed by atoms with Gasteiger partial charge in [0.1, 0.15) is 11.3 Å². The maximum Gasteiger partial charge on any atom is 0.164 e. The fourth-order valence-electron chi connectivity index (χ4n) is 6.22. The van der Waals surface area contributed by atoms with Crippen molar-refractivity contribution in [1.29, 1.82) is 0 Å². The standard InChI is InChI=1S/C30H29N2O.C15H28O2.Ir/c1-19(2)12-23-18-33-29-25(16-31-17-26(23)29)21-10-11-32-28(15-21)22-13-20-8-6-7-9-24(20)27(14-22)30(3,4)5;1-7-14(5,8-2)12(16)11-13(17)15(6,9-3)10-4;/h6-11,14-19H,12H2,1-5H3;11,16H,7-10H2,1-6H3;/q-1;;/b;12-11-;. The van der Waals surface area contributed by atoms with Gasteiger partial charge in [0.15, 0.2) is 5.78 Å². The van der Waals surface area contributed by atoms with Crippen molar-refractivity contribution >= 4 is 27.5 Å². The summed E-state index contributed by atoms with van der Waals surface area (Å²) in [5.74, 6) is 0.844. The van der Waals surface area contributed by atoms with Crippen LogP contribution in [0.25, 0.3) is 44.1 Å². The summed E-state index contributed by atoms with van der Waals surface area (Å²) in [7, 11) is 0. The molecule has 0 spiro atoms. The number of allylic oxidation sites excluding steroid dienone is 2. The van der Waals surface area contributed by atoms with Gasteiger partial charge in [0, 0.05) is 77.8 Å². The summed E-state index contributed by atoms with van der Waals surface area (Å²) < 4.78 is 6.03. The molecule has 0 aliphatic carbocycles. The summed E-state index contributed by atoms with van der Waals surface area (Å²) in [6, 6.07) is 18.4. The van der Waals surface area contributed by atoms with Gasteiger partial charge in [-0.25, -0.2) is 0 Å². The number of hydrogen-bond donors (Lipinski definition) is 1. The topological polar surface area (TPSA) is 76.2 Å². The van der Waals surface area contributed by atoms with Crippen LogP contribution in [0.1, 0.15) is 113 Å². The van der Waals surface area contributed by atoms with Crippen molar-refractivity contribution in [2.24, 2.45) is 16.7 Å². The summed E-state index contributed by atoms with van der Waals surface area (Å²) in [6.45, 7) is 23.3. The largest absolute Gasteiger partial charge is 0.512 e. The van der Waals surface area contributed by atoms with Crippen LogP contribution in [0.5, 0.6) is 0 Å². The fourth-order valence-corrected chi connectivity index (χ4v) is 6.22. The minimum Gasteiger partial charge on any atom is -0.512 e. The van der Waals surface area contributed by atoms with Crippen LogP contribution in [0.2, 0.25) is 0 Å². The van der Waals surface area contributed by atoms with Crippen LogP contribution < -0.4 is 0 Å². The molecule has 0 atom stereocenters. The quantitative estimate of drug-likeness (QED) is 0.0813. The minimum atomic E-state index is -0.337. The average Bonchev–Trinajstić information content (AvgIpc) is 3.52. The molecule has 3 aromatic heterocycles. The Morgan fingerprint density at radius 3 is 2.16 bits per heavy atom. The van der Waals surface area contributed by atoms with Crippen molar-refractivity contribution in [3.63, 3.8) is 0 Å². The number of aliphatic hydroxyl groups excluding tert-OH is 1. The third-order valence-electron chi connectivity index (χ3n) is 10.7. The number of aromatic nitrogens is 2. The molecule has 1 radical (unpaired) electrons. The normalized spacial score (nSPS) is 12.5. The van der Waals surface area contributed by atoms with Gasteiger partial charge in [-0.3, -0.25) is 14.8 Å². The van der Waals surface area contributed by atoms with Gasteiger partial charge in [0.25, 0.3) is 0 Å². The van der Waals surface area contributed by atoms with Gasteiger partial charge in [0.05, 0.1) is 6.26 Å². The Morgan fingerprint density at radius 2 is 1.55 bits per heavy atom. The van der Waals surface area contributed by atoms with Gasteiger partial charge < -0.3 is 9.52 Å². The summed E-state index contributed by atoms with van der Waals surface area (Å²) >= 11 is 0. The molecule has 0 fully saturated rings. The van der Waals surface area contributed by atoms with Crippen LogP contribution in [-0.2, 0) is 36.7 Å². The molecule has 5 aromatic rings. The number of rotatable bonds is 11. The van der Waals surface area contributed by atoms with Gasteiger partial charge in [-0.05, 0) is 55.1 Å². The zero-order chi connectivity index (χ0) is 36.9. The number of carbonyl (C=O) groups is 1. The molecule has 5 rings (SSSR count). The van der Waals surface area contributed by atoms with E-state index in [1.807, 2.05) is 72.5 Å². The number of ketones is 1. The summed E-state index contributed by atoms with van der Waals surface area (Å²) in [4.78, 5) is 21.4. The Morgan fingerprint density at radius 1 is 0.902 bits per heavy atom. The molecule has 0 saturated heterocycles. The Balaban J connectivity index is 0.000000335. The van der Waals surface area contributed by atoms with E-state index in [4.69, 9.17) is 9.40 Å². The molecule has 0 aliphatic rings. The second-order valence-corrected chi connectivity index (χ2v) is 15.7. The van der Waals surface area contributed by atoms with Crippen LogP contribution in [0.4, 0.5) is 0 Å². The number of benzene rings is 2. The Kier molecular flexibility index (Phi) is 14.2. The van der Waals surface area contributed by atoms with Gasteiger partial charge in [-0.2, -0.15) is 0 Å². The first-order valence-corrected chi connectivity index (χ1v) is 18.3. The number of hydrogen-bond acceptors (Lipinski definition) is 5. The molecule has 2 aromatic carbocycles. The zero-order valence-electron chi connectivity index (χ0n) is 32.5. The van der Waals surface area contributed by atoms with E-state index in [0.717, 1.165) is 70.8 Å². The molecule has 0 unspecified atom stereocenters. The van der Waals surface area contributed by atoms with Crippen LogP contribution in [0.15, 0.2) is 83.6 Å².